The summed E-state index contributed by atoms with van der Waals surface area (Å²) in [6.45, 7) is 8.93. The van der Waals surface area contributed by atoms with Gasteiger partial charge in [-0.1, -0.05) is 19.9 Å². The molecule has 1 N–H and O–H groups in total. The quantitative estimate of drug-likeness (QED) is 0.743. The largest absolute Gasteiger partial charge is 0.493 e. The summed E-state index contributed by atoms with van der Waals surface area (Å²) in [5.74, 6) is 1.66. The Labute approximate surface area is 120 Å². The van der Waals surface area contributed by atoms with Crippen LogP contribution in [0.4, 0.5) is 0 Å². The van der Waals surface area contributed by atoms with E-state index >= 15 is 0 Å². The first-order valence-corrected chi connectivity index (χ1v) is 6.78. The number of nitrogens with one attached hydrogen (secondary N) is 1. The lowest BCUT2D eigenvalue weighted by Gasteiger charge is -2.13. The van der Waals surface area contributed by atoms with E-state index in [1.807, 2.05) is 0 Å². The van der Waals surface area contributed by atoms with Crippen molar-refractivity contribution in [3.63, 3.8) is 0 Å². The van der Waals surface area contributed by atoms with E-state index in [1.54, 1.807) is 31.4 Å². The highest BCUT2D eigenvalue weighted by molar-refractivity contribution is 5.94. The predicted octanol–water partition coefficient (Wildman–Crippen LogP) is 3.04. The number of benzene rings is 1. The van der Waals surface area contributed by atoms with E-state index < -0.39 is 0 Å². The van der Waals surface area contributed by atoms with Crippen LogP contribution in [0.15, 0.2) is 30.9 Å². The van der Waals surface area contributed by atoms with Crippen LogP contribution in [0, 0.1) is 5.92 Å². The highest BCUT2D eigenvalue weighted by atomic mass is 16.5. The molecule has 1 amide bonds. The molecule has 0 spiro atoms. The summed E-state index contributed by atoms with van der Waals surface area (Å²) in [5, 5.41) is 2.72. The van der Waals surface area contributed by atoms with Crippen LogP contribution >= 0.6 is 0 Å². The topological polar surface area (TPSA) is 47.6 Å². The number of carbonyl (C=O) groups is 1. The molecular formula is C16H23NO3. The summed E-state index contributed by atoms with van der Waals surface area (Å²) in [4.78, 5) is 11.8. The first-order chi connectivity index (χ1) is 9.58. The van der Waals surface area contributed by atoms with Crippen molar-refractivity contribution in [3.05, 3.63) is 36.4 Å². The third kappa shape index (κ3) is 4.96. The summed E-state index contributed by atoms with van der Waals surface area (Å²) < 4.78 is 11.0. The minimum atomic E-state index is -0.156. The maximum Gasteiger partial charge on any atom is 0.251 e. The fraction of sp³-hybridized carbons (Fsp3) is 0.438. The molecule has 1 aromatic rings. The number of ether oxygens (including phenoxy) is 2. The molecule has 0 heterocycles. The van der Waals surface area contributed by atoms with Crippen LogP contribution in [0.25, 0.3) is 0 Å². The van der Waals surface area contributed by atoms with E-state index in [-0.39, 0.29) is 5.91 Å². The van der Waals surface area contributed by atoms with E-state index in [0.29, 0.717) is 36.1 Å². The zero-order valence-corrected chi connectivity index (χ0v) is 12.4. The summed E-state index contributed by atoms with van der Waals surface area (Å²) >= 11 is 0. The van der Waals surface area contributed by atoms with Crippen molar-refractivity contribution in [1.82, 2.24) is 5.32 Å². The monoisotopic (exact) mass is 277 g/mol. The van der Waals surface area contributed by atoms with Gasteiger partial charge in [0, 0.05) is 12.1 Å². The summed E-state index contributed by atoms with van der Waals surface area (Å²) in [5.41, 5.74) is 0.542. The first-order valence-electron chi connectivity index (χ1n) is 6.78. The van der Waals surface area contributed by atoms with Gasteiger partial charge in [-0.25, -0.2) is 0 Å². The minimum absolute atomic E-state index is 0.156. The van der Waals surface area contributed by atoms with Crippen LogP contribution in [0.1, 0.15) is 30.6 Å². The third-order valence-corrected chi connectivity index (χ3v) is 2.79. The average molecular weight is 277 g/mol. The van der Waals surface area contributed by atoms with Gasteiger partial charge in [0.05, 0.1) is 13.7 Å². The van der Waals surface area contributed by atoms with Gasteiger partial charge >= 0.3 is 0 Å². The Bertz CT molecular complexity index is 455. The van der Waals surface area contributed by atoms with Gasteiger partial charge in [0.25, 0.3) is 5.91 Å². The molecule has 0 saturated heterocycles. The molecule has 0 aliphatic heterocycles. The Morgan fingerprint density at radius 1 is 1.40 bits per heavy atom. The smallest absolute Gasteiger partial charge is 0.251 e. The standard InChI is InChI=1S/C16H23NO3/c1-5-9-17-16(18)13-6-7-14(15(11-13)19-4)20-10-8-12(2)3/h5-7,11-12H,1,8-10H2,2-4H3,(H,17,18). The molecule has 0 bridgehead atoms. The minimum Gasteiger partial charge on any atom is -0.493 e. The highest BCUT2D eigenvalue weighted by Gasteiger charge is 2.10. The van der Waals surface area contributed by atoms with Crippen LogP contribution < -0.4 is 14.8 Å². The second kappa shape index (κ2) is 8.25. The number of hydrogen-bond donors (Lipinski definition) is 1. The van der Waals surface area contributed by atoms with Crippen molar-refractivity contribution < 1.29 is 14.3 Å². The fourth-order valence-electron chi connectivity index (χ4n) is 1.60. The third-order valence-electron chi connectivity index (χ3n) is 2.79. The Morgan fingerprint density at radius 3 is 2.75 bits per heavy atom. The SMILES string of the molecule is C=CCNC(=O)c1ccc(OCCC(C)C)c(OC)c1. The molecule has 4 heteroatoms. The fourth-order valence-corrected chi connectivity index (χ4v) is 1.60. The number of rotatable bonds is 8. The summed E-state index contributed by atoms with van der Waals surface area (Å²) in [7, 11) is 1.57. The van der Waals surface area contributed by atoms with Gasteiger partial charge < -0.3 is 14.8 Å². The van der Waals surface area contributed by atoms with E-state index in [2.05, 4.69) is 25.7 Å². The van der Waals surface area contributed by atoms with Gasteiger partial charge in [-0.05, 0) is 30.5 Å². The van der Waals surface area contributed by atoms with Gasteiger partial charge in [0.1, 0.15) is 0 Å². The summed E-state index contributed by atoms with van der Waals surface area (Å²) in [6, 6.07) is 5.18. The maximum absolute atomic E-state index is 11.8. The molecule has 0 fully saturated rings. The molecular weight excluding hydrogens is 254 g/mol. The van der Waals surface area contributed by atoms with Crippen molar-refractivity contribution in [2.24, 2.45) is 5.92 Å². The van der Waals surface area contributed by atoms with Gasteiger partial charge in [-0.3, -0.25) is 4.79 Å². The summed E-state index contributed by atoms with van der Waals surface area (Å²) in [6.07, 6.45) is 2.61. The number of amides is 1. The molecule has 0 unspecified atom stereocenters. The molecule has 0 atom stereocenters. The van der Waals surface area contributed by atoms with Gasteiger partial charge in [-0.15, -0.1) is 6.58 Å². The normalized spacial score (nSPS) is 10.2. The van der Waals surface area contributed by atoms with E-state index in [0.717, 1.165) is 6.42 Å². The second-order valence-electron chi connectivity index (χ2n) is 4.90. The molecule has 0 aromatic heterocycles. The van der Waals surface area contributed by atoms with Crippen molar-refractivity contribution in [2.75, 3.05) is 20.3 Å². The highest BCUT2D eigenvalue weighted by Crippen LogP contribution is 2.28. The number of carbonyl (C=O) groups excluding carboxylic acids is 1. The van der Waals surface area contributed by atoms with Crippen LogP contribution in [-0.2, 0) is 0 Å². The molecule has 1 rings (SSSR count). The van der Waals surface area contributed by atoms with Crippen molar-refractivity contribution in [3.8, 4) is 11.5 Å². The maximum atomic E-state index is 11.8. The molecule has 20 heavy (non-hydrogen) atoms. The van der Waals surface area contributed by atoms with E-state index in [4.69, 9.17) is 9.47 Å². The molecule has 4 nitrogen and oxygen atoms in total. The Kier molecular flexibility index (Phi) is 6.64. The zero-order chi connectivity index (χ0) is 15.0. The predicted molar refractivity (Wildman–Crippen MR) is 80.5 cm³/mol. The Balaban J connectivity index is 2.74. The lowest BCUT2D eigenvalue weighted by atomic mass is 10.1. The van der Waals surface area contributed by atoms with Gasteiger partial charge in [0.15, 0.2) is 11.5 Å². The molecule has 110 valence electrons. The van der Waals surface area contributed by atoms with Crippen molar-refractivity contribution in [1.29, 1.82) is 0 Å². The van der Waals surface area contributed by atoms with Crippen LogP contribution in [0.5, 0.6) is 11.5 Å². The number of hydrogen-bond acceptors (Lipinski definition) is 3. The first kappa shape index (κ1) is 16.1. The molecule has 0 radical (unpaired) electrons. The van der Waals surface area contributed by atoms with Crippen molar-refractivity contribution >= 4 is 5.91 Å². The van der Waals surface area contributed by atoms with Gasteiger partial charge in [-0.2, -0.15) is 0 Å². The van der Waals surface area contributed by atoms with Gasteiger partial charge in [0.2, 0.25) is 0 Å². The number of methoxy groups -OCH3 is 1. The Hall–Kier alpha value is -1.97. The molecule has 0 aliphatic rings. The van der Waals surface area contributed by atoms with E-state index in [9.17, 15) is 4.79 Å². The Morgan fingerprint density at radius 2 is 2.15 bits per heavy atom. The second-order valence-corrected chi connectivity index (χ2v) is 4.90. The average Bonchev–Trinajstić information content (AvgIpc) is 2.44. The molecule has 0 saturated carbocycles. The van der Waals surface area contributed by atoms with E-state index in [1.165, 1.54) is 0 Å². The lowest BCUT2D eigenvalue weighted by Crippen LogP contribution is -2.23. The van der Waals surface area contributed by atoms with Crippen LogP contribution in [0.3, 0.4) is 0 Å². The van der Waals surface area contributed by atoms with Crippen LogP contribution in [-0.4, -0.2) is 26.2 Å². The molecule has 1 aromatic carbocycles. The lowest BCUT2D eigenvalue weighted by molar-refractivity contribution is 0.0957. The molecule has 0 aliphatic carbocycles. The van der Waals surface area contributed by atoms with Crippen molar-refractivity contribution in [2.45, 2.75) is 20.3 Å². The zero-order valence-electron chi connectivity index (χ0n) is 12.4. The van der Waals surface area contributed by atoms with Crippen LogP contribution in [0.2, 0.25) is 0 Å².